The van der Waals surface area contributed by atoms with Gasteiger partial charge in [0.1, 0.15) is 29.3 Å². The van der Waals surface area contributed by atoms with Crippen molar-refractivity contribution in [3.63, 3.8) is 0 Å². The van der Waals surface area contributed by atoms with Crippen LogP contribution in [0.25, 0.3) is 11.0 Å². The number of benzene rings is 1. The maximum Gasteiger partial charge on any atom is 0.246 e. The van der Waals surface area contributed by atoms with Gasteiger partial charge in [-0.05, 0) is 24.6 Å². The molecule has 1 aromatic carbocycles. The van der Waals surface area contributed by atoms with E-state index >= 15 is 0 Å². The highest BCUT2D eigenvalue weighted by Crippen LogP contribution is 2.31. The van der Waals surface area contributed by atoms with Crippen molar-refractivity contribution >= 4 is 38.7 Å². The number of nitrogens with two attached hydrogens (primary N) is 1. The van der Waals surface area contributed by atoms with Crippen molar-refractivity contribution in [2.45, 2.75) is 12.5 Å². The van der Waals surface area contributed by atoms with Crippen LogP contribution in [0.1, 0.15) is 23.6 Å². The van der Waals surface area contributed by atoms with Gasteiger partial charge in [-0.25, -0.2) is 9.97 Å². The number of hydrogen-bond donors (Lipinski definition) is 1. The zero-order valence-electron chi connectivity index (χ0n) is 18.4. The maximum absolute atomic E-state index is 12.4. The molecule has 1 atom stereocenters. The molecule has 8 nitrogen and oxygen atoms in total. The lowest BCUT2D eigenvalue weighted by Gasteiger charge is -2.16. The van der Waals surface area contributed by atoms with Gasteiger partial charge in [0.2, 0.25) is 5.91 Å². The summed E-state index contributed by atoms with van der Waals surface area (Å²) in [6, 6.07) is 5.56. The number of nitrogen functional groups attached to an aromatic ring is 1. The van der Waals surface area contributed by atoms with E-state index in [-0.39, 0.29) is 11.9 Å². The fourth-order valence-electron chi connectivity index (χ4n) is 3.92. The highest BCUT2D eigenvalue weighted by atomic mass is 79.9. The number of anilines is 1. The average molecular weight is 510 g/mol. The summed E-state index contributed by atoms with van der Waals surface area (Å²) in [4.78, 5) is 22.9. The fraction of sp³-hybridized carbons (Fsp3) is 0.292. The molecule has 0 aliphatic carbocycles. The van der Waals surface area contributed by atoms with E-state index in [1.807, 2.05) is 23.2 Å². The Bertz CT molecular complexity index is 1250. The number of aromatic nitrogens is 3. The summed E-state index contributed by atoms with van der Waals surface area (Å²) in [6.45, 7) is 1.28. The molecular weight excluding hydrogens is 486 g/mol. The molecule has 3 aromatic rings. The number of amides is 1. The number of likely N-dealkylation sites (tertiary alicyclic amines) is 1. The van der Waals surface area contributed by atoms with Crippen LogP contribution < -0.4 is 15.2 Å². The van der Waals surface area contributed by atoms with Gasteiger partial charge in [-0.2, -0.15) is 0 Å². The Labute approximate surface area is 200 Å². The molecule has 2 N–H and O–H groups in total. The van der Waals surface area contributed by atoms with Crippen molar-refractivity contribution in [3.8, 4) is 23.3 Å². The van der Waals surface area contributed by atoms with E-state index in [1.165, 1.54) is 6.33 Å². The molecule has 0 spiro atoms. The van der Waals surface area contributed by atoms with E-state index in [0.717, 1.165) is 17.5 Å². The molecular formula is C24H24BrN5O3. The maximum atomic E-state index is 12.4. The molecule has 1 aliphatic heterocycles. The van der Waals surface area contributed by atoms with Gasteiger partial charge in [-0.15, -0.1) is 0 Å². The summed E-state index contributed by atoms with van der Waals surface area (Å²) < 4.78 is 12.7. The van der Waals surface area contributed by atoms with E-state index in [0.29, 0.717) is 46.8 Å². The van der Waals surface area contributed by atoms with Crippen molar-refractivity contribution in [1.29, 1.82) is 0 Å². The molecule has 1 saturated heterocycles. The van der Waals surface area contributed by atoms with Crippen LogP contribution in [-0.2, 0) is 4.79 Å². The molecule has 0 saturated carbocycles. The van der Waals surface area contributed by atoms with Crippen LogP contribution in [0.2, 0.25) is 0 Å². The number of fused-ring (bicyclic) bond motifs is 1. The van der Waals surface area contributed by atoms with Gasteiger partial charge in [0, 0.05) is 36.2 Å². The molecule has 9 heteroatoms. The number of carbonyl (C=O) groups is 1. The molecule has 0 radical (unpaired) electrons. The van der Waals surface area contributed by atoms with Crippen LogP contribution in [0.15, 0.2) is 42.9 Å². The molecule has 0 unspecified atom stereocenters. The predicted molar refractivity (Wildman–Crippen MR) is 131 cm³/mol. The number of allylic oxidation sites excluding steroid dienone is 1. The summed E-state index contributed by atoms with van der Waals surface area (Å²) in [6.07, 6.45) is 7.63. The molecule has 2 aromatic heterocycles. The highest BCUT2D eigenvalue weighted by Gasteiger charge is 2.28. The summed E-state index contributed by atoms with van der Waals surface area (Å²) in [5, 5.41) is 1.36. The van der Waals surface area contributed by atoms with E-state index in [2.05, 4.69) is 42.3 Å². The fourth-order valence-corrected chi connectivity index (χ4v) is 4.11. The minimum absolute atomic E-state index is 0.00883. The minimum Gasteiger partial charge on any atom is -0.497 e. The second-order valence-electron chi connectivity index (χ2n) is 7.54. The third-order valence-corrected chi connectivity index (χ3v) is 5.92. The molecule has 1 fully saturated rings. The van der Waals surface area contributed by atoms with Crippen LogP contribution >= 0.6 is 15.9 Å². The number of nitrogens with zero attached hydrogens (tertiary/aromatic N) is 4. The Balaban J connectivity index is 1.69. The van der Waals surface area contributed by atoms with Crippen molar-refractivity contribution in [2.75, 3.05) is 38.4 Å². The van der Waals surface area contributed by atoms with Gasteiger partial charge in [-0.1, -0.05) is 33.8 Å². The lowest BCUT2D eigenvalue weighted by atomic mass is 10.1. The number of alkyl halides is 1. The van der Waals surface area contributed by atoms with E-state index < -0.39 is 0 Å². The number of carbonyl (C=O) groups excluding carboxylic acids is 1. The predicted octanol–water partition coefficient (Wildman–Crippen LogP) is 3.16. The Morgan fingerprint density at radius 2 is 2.00 bits per heavy atom. The van der Waals surface area contributed by atoms with Gasteiger partial charge in [0.15, 0.2) is 0 Å². The lowest BCUT2D eigenvalue weighted by Crippen LogP contribution is -2.27. The third kappa shape index (κ3) is 4.81. The molecule has 4 rings (SSSR count). The molecule has 0 bridgehead atoms. The first-order valence-corrected chi connectivity index (χ1v) is 11.5. The number of halogens is 1. The zero-order chi connectivity index (χ0) is 23.4. The minimum atomic E-state index is 0.00883. The quantitative estimate of drug-likeness (QED) is 0.322. The van der Waals surface area contributed by atoms with Gasteiger partial charge >= 0.3 is 0 Å². The number of rotatable bonds is 5. The third-order valence-electron chi connectivity index (χ3n) is 5.55. The second kappa shape index (κ2) is 9.96. The largest absolute Gasteiger partial charge is 0.497 e. The normalized spacial score (nSPS) is 15.6. The first-order chi connectivity index (χ1) is 16.0. The van der Waals surface area contributed by atoms with Crippen LogP contribution in [0.4, 0.5) is 5.82 Å². The smallest absolute Gasteiger partial charge is 0.246 e. The summed E-state index contributed by atoms with van der Waals surface area (Å²) in [5.41, 5.74) is 8.40. The van der Waals surface area contributed by atoms with Crippen LogP contribution in [-0.4, -0.2) is 58.0 Å². The van der Waals surface area contributed by atoms with Crippen LogP contribution in [0.5, 0.6) is 11.5 Å². The Hall–Kier alpha value is -3.51. The molecule has 1 aliphatic rings. The van der Waals surface area contributed by atoms with Gasteiger partial charge < -0.3 is 24.7 Å². The van der Waals surface area contributed by atoms with Gasteiger partial charge in [0.25, 0.3) is 0 Å². The first kappa shape index (κ1) is 22.7. The van der Waals surface area contributed by atoms with E-state index in [9.17, 15) is 4.79 Å². The summed E-state index contributed by atoms with van der Waals surface area (Å²) in [5.74, 6) is 8.09. The molecule has 3 heterocycles. The topological polar surface area (TPSA) is 95.5 Å². The van der Waals surface area contributed by atoms with E-state index in [4.69, 9.17) is 15.2 Å². The Morgan fingerprint density at radius 3 is 2.70 bits per heavy atom. The Kier molecular flexibility index (Phi) is 6.84. The Morgan fingerprint density at radius 1 is 1.24 bits per heavy atom. The lowest BCUT2D eigenvalue weighted by molar-refractivity contribution is -0.125. The van der Waals surface area contributed by atoms with Crippen LogP contribution in [0, 0.1) is 11.8 Å². The standard InChI is InChI=1S/C24H24BrN5O3/c1-32-19-10-16(11-20(12-19)33-2)5-6-17-13-30(24-22(17)23(26)27-15-28-24)18-7-9-29(14-18)21(31)4-3-8-25/h3-4,10-13,15,18H,7-9,14H2,1-2H3,(H2,26,27,28)/b4-3+/t18-/m0/s1. The first-order valence-electron chi connectivity index (χ1n) is 10.4. The van der Waals surface area contributed by atoms with Crippen molar-refractivity contribution in [2.24, 2.45) is 0 Å². The molecule has 33 heavy (non-hydrogen) atoms. The molecule has 1 amide bonds. The molecule has 170 valence electrons. The van der Waals surface area contributed by atoms with Crippen LogP contribution in [0.3, 0.4) is 0 Å². The summed E-state index contributed by atoms with van der Waals surface area (Å²) >= 11 is 3.30. The number of methoxy groups -OCH3 is 2. The van der Waals surface area contributed by atoms with Crippen molar-refractivity contribution in [1.82, 2.24) is 19.4 Å². The van der Waals surface area contributed by atoms with Gasteiger partial charge in [-0.3, -0.25) is 4.79 Å². The number of ether oxygens (including phenoxy) is 2. The second-order valence-corrected chi connectivity index (χ2v) is 8.19. The average Bonchev–Trinajstić information content (AvgIpc) is 3.46. The monoisotopic (exact) mass is 509 g/mol. The summed E-state index contributed by atoms with van der Waals surface area (Å²) in [7, 11) is 3.20. The van der Waals surface area contributed by atoms with Crippen molar-refractivity contribution < 1.29 is 14.3 Å². The van der Waals surface area contributed by atoms with Gasteiger partial charge in [0.05, 0.1) is 31.2 Å². The van der Waals surface area contributed by atoms with E-state index in [1.54, 1.807) is 32.4 Å². The SMILES string of the molecule is COc1cc(C#Cc2cn([C@H]3CCN(C(=O)/C=C/CBr)C3)c3ncnc(N)c23)cc(OC)c1. The van der Waals surface area contributed by atoms with Crippen molar-refractivity contribution in [3.05, 3.63) is 54.0 Å². The number of hydrogen-bond acceptors (Lipinski definition) is 6. The highest BCUT2D eigenvalue weighted by molar-refractivity contribution is 9.09. The zero-order valence-corrected chi connectivity index (χ0v) is 20.0.